The van der Waals surface area contributed by atoms with Gasteiger partial charge in [-0.3, -0.25) is 33.6 Å². The quantitative estimate of drug-likeness (QED) is 0.364. The van der Waals surface area contributed by atoms with E-state index in [-0.39, 0.29) is 43.3 Å². The molecule has 1 aromatic heterocycles. The average Bonchev–Trinajstić information content (AvgIpc) is 3.25. The Morgan fingerprint density at radius 1 is 1.14 bits per heavy atom. The number of imide groups is 1. The third kappa shape index (κ3) is 4.81. The van der Waals surface area contributed by atoms with Gasteiger partial charge in [-0.15, -0.1) is 0 Å². The molecule has 12 heteroatoms. The van der Waals surface area contributed by atoms with Crippen LogP contribution in [0, 0.1) is 5.92 Å². The molecule has 1 aromatic carbocycles. The van der Waals surface area contributed by atoms with Crippen molar-refractivity contribution in [1.29, 1.82) is 0 Å². The highest BCUT2D eigenvalue weighted by atomic mass is 16.6. The van der Waals surface area contributed by atoms with Crippen LogP contribution in [0.3, 0.4) is 0 Å². The van der Waals surface area contributed by atoms with E-state index >= 15 is 0 Å². The summed E-state index contributed by atoms with van der Waals surface area (Å²) < 4.78 is 12.5. The Morgan fingerprint density at radius 2 is 1.80 bits per heavy atom. The van der Waals surface area contributed by atoms with E-state index in [1.165, 1.54) is 17.2 Å². The van der Waals surface area contributed by atoms with Gasteiger partial charge in [-0.05, 0) is 12.1 Å². The van der Waals surface area contributed by atoms with Crippen LogP contribution in [0.1, 0.15) is 33.9 Å². The van der Waals surface area contributed by atoms with Gasteiger partial charge in [0.1, 0.15) is 12.6 Å². The predicted octanol–water partition coefficient (Wildman–Crippen LogP) is -0.798. The number of amides is 3. The molecule has 1 saturated heterocycles. The molecule has 12 nitrogen and oxygen atoms in total. The number of aromatic nitrogens is 2. The van der Waals surface area contributed by atoms with Gasteiger partial charge in [-0.1, -0.05) is 19.1 Å². The van der Waals surface area contributed by atoms with Crippen LogP contribution < -0.4 is 11.2 Å². The maximum absolute atomic E-state index is 12.6. The number of fused-ring (bicyclic) bond motifs is 1. The molecule has 1 unspecified atom stereocenters. The number of carbonyl (C=O) groups is 3. The van der Waals surface area contributed by atoms with Crippen molar-refractivity contribution in [3.8, 4) is 0 Å². The molecular weight excluding hydrogens is 460 g/mol. The van der Waals surface area contributed by atoms with Crippen LogP contribution in [0.5, 0.6) is 0 Å². The average molecular weight is 486 g/mol. The smallest absolute Gasteiger partial charge is 0.330 e. The number of hydrogen-bond donors (Lipinski definition) is 2. The van der Waals surface area contributed by atoms with E-state index in [2.05, 4.69) is 4.98 Å². The fourth-order valence-electron chi connectivity index (χ4n) is 4.08. The molecule has 4 atom stereocenters. The lowest BCUT2D eigenvalue weighted by Crippen LogP contribution is -2.42. The second kappa shape index (κ2) is 9.94. The molecule has 2 N–H and O–H groups in total. The molecule has 0 bridgehead atoms. The summed E-state index contributed by atoms with van der Waals surface area (Å²) in [4.78, 5) is 65.1. The lowest BCUT2D eigenvalue weighted by molar-refractivity contribution is -0.131. The fraction of sp³-hybridized carbons (Fsp3) is 0.435. The fourth-order valence-corrected chi connectivity index (χ4v) is 4.08. The van der Waals surface area contributed by atoms with Gasteiger partial charge in [0.05, 0.1) is 30.4 Å². The van der Waals surface area contributed by atoms with Crippen LogP contribution in [-0.4, -0.2) is 87.7 Å². The molecular formula is C23H26N4O8. The second-order valence-corrected chi connectivity index (χ2v) is 8.56. The number of carbonyl (C=O) groups excluding carboxylic acids is 3. The van der Waals surface area contributed by atoms with Crippen LogP contribution in [0.2, 0.25) is 0 Å². The summed E-state index contributed by atoms with van der Waals surface area (Å²) in [5, 5.41) is 10.5. The van der Waals surface area contributed by atoms with Crippen LogP contribution in [0.4, 0.5) is 0 Å². The lowest BCUT2D eigenvalue weighted by atomic mass is 10.0. The van der Waals surface area contributed by atoms with Gasteiger partial charge in [0.15, 0.2) is 6.23 Å². The summed E-state index contributed by atoms with van der Waals surface area (Å²) in [6.07, 6.45) is -1.21. The highest BCUT2D eigenvalue weighted by Gasteiger charge is 2.42. The number of rotatable bonds is 8. The van der Waals surface area contributed by atoms with Gasteiger partial charge < -0.3 is 19.5 Å². The van der Waals surface area contributed by atoms with Crippen molar-refractivity contribution in [2.24, 2.45) is 5.92 Å². The Labute approximate surface area is 199 Å². The number of ether oxygens (including phenoxy) is 2. The van der Waals surface area contributed by atoms with E-state index in [0.29, 0.717) is 0 Å². The van der Waals surface area contributed by atoms with Crippen molar-refractivity contribution >= 4 is 17.7 Å². The predicted molar refractivity (Wildman–Crippen MR) is 121 cm³/mol. The normalized spacial score (nSPS) is 23.6. The summed E-state index contributed by atoms with van der Waals surface area (Å²) in [6, 6.07) is 7.60. The molecule has 0 saturated carbocycles. The zero-order valence-electron chi connectivity index (χ0n) is 19.2. The van der Waals surface area contributed by atoms with Crippen molar-refractivity contribution < 1.29 is 29.0 Å². The molecule has 186 valence electrons. The first-order valence-corrected chi connectivity index (χ1v) is 11.1. The molecule has 3 amide bonds. The van der Waals surface area contributed by atoms with E-state index in [1.54, 1.807) is 38.2 Å². The first kappa shape index (κ1) is 24.5. The third-order valence-corrected chi connectivity index (χ3v) is 6.31. The molecule has 0 spiro atoms. The van der Waals surface area contributed by atoms with Crippen LogP contribution >= 0.6 is 0 Å². The summed E-state index contributed by atoms with van der Waals surface area (Å²) in [6.45, 7) is 1.85. The number of aliphatic hydroxyl groups excluding tert-OH is 1. The minimum Gasteiger partial charge on any atom is -0.388 e. The minimum atomic E-state index is -0.990. The summed E-state index contributed by atoms with van der Waals surface area (Å²) in [5.74, 6) is -1.76. The number of likely N-dealkylation sites (N-methyl/N-ethyl adjacent to an activating group) is 1. The maximum Gasteiger partial charge on any atom is 0.330 e. The zero-order valence-corrected chi connectivity index (χ0v) is 19.2. The van der Waals surface area contributed by atoms with E-state index < -0.39 is 47.4 Å². The number of benzene rings is 1. The topological polar surface area (TPSA) is 151 Å². The number of aliphatic hydroxyl groups is 1. The summed E-state index contributed by atoms with van der Waals surface area (Å²) in [7, 11) is 1.54. The van der Waals surface area contributed by atoms with E-state index in [9.17, 15) is 29.1 Å². The zero-order chi connectivity index (χ0) is 25.3. The van der Waals surface area contributed by atoms with E-state index in [0.717, 1.165) is 9.47 Å². The standard InChI is InChI=1S/C23H26N4O8/c1-13-16(35-22(19(13)30)26-8-7-17(28)24-23(26)33)12-34-10-9-25(2)18(29)11-27-20(31)14-5-3-4-6-15(14)21(27)32/h3-8,13,16,19,22,30H,9-12H2,1-2H3,(H,24,28,33)/t13-,16+,19?,22+/m0/s1. The summed E-state index contributed by atoms with van der Waals surface area (Å²) >= 11 is 0. The molecule has 2 aliphatic rings. The number of nitrogens with zero attached hydrogens (tertiary/aromatic N) is 3. The van der Waals surface area contributed by atoms with Gasteiger partial charge >= 0.3 is 5.69 Å². The first-order chi connectivity index (χ1) is 16.7. The highest BCUT2D eigenvalue weighted by molar-refractivity contribution is 6.22. The molecule has 3 heterocycles. The van der Waals surface area contributed by atoms with Crippen molar-refractivity contribution in [2.45, 2.75) is 25.4 Å². The molecule has 2 aliphatic heterocycles. The van der Waals surface area contributed by atoms with Crippen molar-refractivity contribution in [1.82, 2.24) is 19.4 Å². The Morgan fingerprint density at radius 3 is 2.43 bits per heavy atom. The first-order valence-electron chi connectivity index (χ1n) is 11.1. The number of hydrogen-bond acceptors (Lipinski definition) is 8. The maximum atomic E-state index is 12.6. The van der Waals surface area contributed by atoms with Crippen molar-refractivity contribution in [3.63, 3.8) is 0 Å². The molecule has 0 radical (unpaired) electrons. The van der Waals surface area contributed by atoms with Gasteiger partial charge in [-0.2, -0.15) is 0 Å². The Hall–Kier alpha value is -3.61. The number of H-pyrrole nitrogens is 1. The molecule has 0 aliphatic carbocycles. The summed E-state index contributed by atoms with van der Waals surface area (Å²) in [5.41, 5.74) is -0.667. The molecule has 4 rings (SSSR count). The van der Waals surface area contributed by atoms with Gasteiger partial charge in [0, 0.05) is 31.8 Å². The molecule has 35 heavy (non-hydrogen) atoms. The SMILES string of the molecule is C[C@@H]1C(O)[C@H](n2ccc(=O)[nH]c2=O)O[C@@H]1COCCN(C)C(=O)CN1C(=O)c2ccccc2C1=O. The van der Waals surface area contributed by atoms with Gasteiger partial charge in [0.2, 0.25) is 5.91 Å². The number of nitrogens with one attached hydrogen (secondary N) is 1. The molecule has 2 aromatic rings. The van der Waals surface area contributed by atoms with Crippen molar-refractivity contribution in [2.75, 3.05) is 33.4 Å². The number of aromatic amines is 1. The van der Waals surface area contributed by atoms with E-state index in [1.807, 2.05) is 0 Å². The van der Waals surface area contributed by atoms with Gasteiger partial charge in [-0.25, -0.2) is 4.79 Å². The monoisotopic (exact) mass is 486 g/mol. The Kier molecular flexibility index (Phi) is 6.96. The third-order valence-electron chi connectivity index (χ3n) is 6.31. The van der Waals surface area contributed by atoms with Crippen LogP contribution in [0.25, 0.3) is 0 Å². The highest BCUT2D eigenvalue weighted by Crippen LogP contribution is 2.32. The minimum absolute atomic E-state index is 0.104. The van der Waals surface area contributed by atoms with Crippen LogP contribution in [-0.2, 0) is 14.3 Å². The van der Waals surface area contributed by atoms with Crippen LogP contribution in [0.15, 0.2) is 46.1 Å². The lowest BCUT2D eigenvalue weighted by Gasteiger charge is -2.21. The van der Waals surface area contributed by atoms with Crippen molar-refractivity contribution in [3.05, 3.63) is 68.5 Å². The Balaban J connectivity index is 1.25. The Bertz CT molecular complexity index is 1220. The largest absolute Gasteiger partial charge is 0.388 e. The van der Waals surface area contributed by atoms with Gasteiger partial charge in [0.25, 0.3) is 17.4 Å². The van der Waals surface area contributed by atoms with E-state index in [4.69, 9.17) is 9.47 Å². The molecule has 1 fully saturated rings. The second-order valence-electron chi connectivity index (χ2n) is 8.56.